The van der Waals surface area contributed by atoms with Crippen molar-refractivity contribution in [2.24, 2.45) is 0 Å². The van der Waals surface area contributed by atoms with Gasteiger partial charge in [-0.2, -0.15) is 0 Å². The van der Waals surface area contributed by atoms with E-state index in [1.807, 2.05) is 6.92 Å². The first-order valence-corrected chi connectivity index (χ1v) is 6.75. The van der Waals surface area contributed by atoms with Crippen molar-refractivity contribution in [3.63, 3.8) is 0 Å². The lowest BCUT2D eigenvalue weighted by Crippen LogP contribution is -2.38. The Morgan fingerprint density at radius 3 is 2.39 bits per heavy atom. The van der Waals surface area contributed by atoms with E-state index in [2.05, 4.69) is 35.2 Å². The van der Waals surface area contributed by atoms with Crippen LogP contribution in [0.25, 0.3) is 0 Å². The maximum atomic E-state index is 9.65. The van der Waals surface area contributed by atoms with Crippen molar-refractivity contribution < 1.29 is 5.11 Å². The van der Waals surface area contributed by atoms with Gasteiger partial charge in [0.1, 0.15) is 0 Å². The standard InChI is InChI=1S/C15H23NO.ClH/c1-2-15(17)12-16-10-8-14(9-11-16)13-6-4-3-5-7-13;/h3-7,14-15,17H,2,8-12H2,1H3;1H. The van der Waals surface area contributed by atoms with Crippen LogP contribution in [0.3, 0.4) is 0 Å². The Kier molecular flexibility index (Phi) is 6.69. The number of rotatable bonds is 4. The summed E-state index contributed by atoms with van der Waals surface area (Å²) in [5, 5.41) is 9.65. The molecule has 2 nitrogen and oxygen atoms in total. The number of halogens is 1. The van der Waals surface area contributed by atoms with Crippen molar-refractivity contribution in [2.75, 3.05) is 19.6 Å². The molecule has 3 heteroatoms. The second-order valence-corrected chi connectivity index (χ2v) is 5.05. The predicted octanol–water partition coefficient (Wildman–Crippen LogP) is 3.06. The van der Waals surface area contributed by atoms with E-state index in [9.17, 15) is 5.11 Å². The van der Waals surface area contributed by atoms with Crippen LogP contribution in [0.4, 0.5) is 0 Å². The van der Waals surface area contributed by atoms with Crippen molar-refractivity contribution in [1.82, 2.24) is 4.90 Å². The molecule has 18 heavy (non-hydrogen) atoms. The van der Waals surface area contributed by atoms with Gasteiger partial charge in [-0.3, -0.25) is 0 Å². The van der Waals surface area contributed by atoms with Gasteiger partial charge in [0.2, 0.25) is 0 Å². The number of hydrogen-bond donors (Lipinski definition) is 1. The molecule has 0 saturated carbocycles. The molecule has 1 saturated heterocycles. The highest BCUT2D eigenvalue weighted by molar-refractivity contribution is 5.85. The van der Waals surface area contributed by atoms with Gasteiger partial charge in [0.15, 0.2) is 0 Å². The predicted molar refractivity (Wildman–Crippen MR) is 78.4 cm³/mol. The van der Waals surface area contributed by atoms with E-state index in [4.69, 9.17) is 0 Å². The summed E-state index contributed by atoms with van der Waals surface area (Å²) in [6, 6.07) is 10.8. The van der Waals surface area contributed by atoms with Crippen LogP contribution in [0.5, 0.6) is 0 Å². The molecule has 0 radical (unpaired) electrons. The molecule has 102 valence electrons. The highest BCUT2D eigenvalue weighted by Gasteiger charge is 2.21. The van der Waals surface area contributed by atoms with Gasteiger partial charge >= 0.3 is 0 Å². The van der Waals surface area contributed by atoms with E-state index in [0.29, 0.717) is 5.92 Å². The van der Waals surface area contributed by atoms with Crippen LogP contribution >= 0.6 is 12.4 Å². The van der Waals surface area contributed by atoms with Crippen LogP contribution < -0.4 is 0 Å². The molecule has 1 heterocycles. The van der Waals surface area contributed by atoms with Gasteiger partial charge in [-0.25, -0.2) is 0 Å². The average molecular weight is 270 g/mol. The molecule has 1 unspecified atom stereocenters. The van der Waals surface area contributed by atoms with Crippen molar-refractivity contribution in [3.05, 3.63) is 35.9 Å². The third-order valence-electron chi connectivity index (χ3n) is 3.80. The molecule has 2 rings (SSSR count). The van der Waals surface area contributed by atoms with Gasteiger partial charge in [-0.05, 0) is 43.8 Å². The fourth-order valence-corrected chi connectivity index (χ4v) is 2.60. The smallest absolute Gasteiger partial charge is 0.0664 e. The molecular formula is C15H24ClNO. The second kappa shape index (κ2) is 7.78. The quantitative estimate of drug-likeness (QED) is 0.908. The molecule has 0 spiro atoms. The van der Waals surface area contributed by atoms with Crippen molar-refractivity contribution >= 4 is 12.4 Å². The number of β-amino-alcohol motifs (C(OH)–C–C–N with tert-alkyl or cyclic N) is 1. The van der Waals surface area contributed by atoms with E-state index in [0.717, 1.165) is 26.1 Å². The molecule has 1 aromatic rings. The van der Waals surface area contributed by atoms with Crippen LogP contribution in [-0.2, 0) is 0 Å². The van der Waals surface area contributed by atoms with Crippen molar-refractivity contribution in [3.8, 4) is 0 Å². The number of aliphatic hydroxyl groups excluding tert-OH is 1. The maximum Gasteiger partial charge on any atom is 0.0664 e. The Morgan fingerprint density at radius 1 is 1.22 bits per heavy atom. The summed E-state index contributed by atoms with van der Waals surface area (Å²) < 4.78 is 0. The number of benzene rings is 1. The minimum absolute atomic E-state index is 0. The van der Waals surface area contributed by atoms with E-state index in [-0.39, 0.29) is 18.5 Å². The number of aliphatic hydroxyl groups is 1. The van der Waals surface area contributed by atoms with Gasteiger partial charge in [0.05, 0.1) is 6.10 Å². The first kappa shape index (κ1) is 15.5. The van der Waals surface area contributed by atoms with E-state index in [1.54, 1.807) is 0 Å². The van der Waals surface area contributed by atoms with E-state index in [1.165, 1.54) is 18.4 Å². The molecular weight excluding hydrogens is 246 g/mol. The molecule has 0 aromatic heterocycles. The van der Waals surface area contributed by atoms with Gasteiger partial charge in [0, 0.05) is 6.54 Å². The summed E-state index contributed by atoms with van der Waals surface area (Å²) >= 11 is 0. The first-order valence-electron chi connectivity index (χ1n) is 6.75. The zero-order chi connectivity index (χ0) is 12.1. The third kappa shape index (κ3) is 4.27. The van der Waals surface area contributed by atoms with Crippen LogP contribution in [-0.4, -0.2) is 35.7 Å². The molecule has 0 aliphatic carbocycles. The molecule has 1 N–H and O–H groups in total. The Morgan fingerprint density at radius 2 is 1.83 bits per heavy atom. The van der Waals surface area contributed by atoms with Gasteiger partial charge in [-0.15, -0.1) is 12.4 Å². The molecule has 0 bridgehead atoms. The van der Waals surface area contributed by atoms with Crippen LogP contribution in [0, 0.1) is 0 Å². The number of nitrogens with zero attached hydrogens (tertiary/aromatic N) is 1. The molecule has 1 atom stereocenters. The maximum absolute atomic E-state index is 9.65. The third-order valence-corrected chi connectivity index (χ3v) is 3.80. The monoisotopic (exact) mass is 269 g/mol. The minimum atomic E-state index is -0.150. The fourth-order valence-electron chi connectivity index (χ4n) is 2.60. The molecule has 1 aliphatic rings. The summed E-state index contributed by atoms with van der Waals surface area (Å²) in [6.07, 6.45) is 3.16. The topological polar surface area (TPSA) is 23.5 Å². The number of hydrogen-bond acceptors (Lipinski definition) is 2. The summed E-state index contributed by atoms with van der Waals surface area (Å²) in [7, 11) is 0. The fraction of sp³-hybridized carbons (Fsp3) is 0.600. The highest BCUT2D eigenvalue weighted by atomic mass is 35.5. The largest absolute Gasteiger partial charge is 0.392 e. The lowest BCUT2D eigenvalue weighted by molar-refractivity contribution is 0.0944. The van der Waals surface area contributed by atoms with Crippen LogP contribution in [0.2, 0.25) is 0 Å². The summed E-state index contributed by atoms with van der Waals surface area (Å²) in [5.41, 5.74) is 1.48. The second-order valence-electron chi connectivity index (χ2n) is 5.05. The van der Waals surface area contributed by atoms with Gasteiger partial charge < -0.3 is 10.0 Å². The summed E-state index contributed by atoms with van der Waals surface area (Å²) in [6.45, 7) is 5.13. The average Bonchev–Trinajstić information content (AvgIpc) is 2.40. The Labute approximate surface area is 116 Å². The van der Waals surface area contributed by atoms with E-state index >= 15 is 0 Å². The zero-order valence-electron chi connectivity index (χ0n) is 11.1. The van der Waals surface area contributed by atoms with Crippen molar-refractivity contribution in [1.29, 1.82) is 0 Å². The minimum Gasteiger partial charge on any atom is -0.392 e. The number of piperidine rings is 1. The van der Waals surface area contributed by atoms with Crippen molar-refractivity contribution in [2.45, 2.75) is 38.2 Å². The SMILES string of the molecule is CCC(O)CN1CCC(c2ccccc2)CC1.Cl. The first-order chi connectivity index (χ1) is 8.29. The lowest BCUT2D eigenvalue weighted by Gasteiger charge is -2.33. The highest BCUT2D eigenvalue weighted by Crippen LogP contribution is 2.27. The Bertz CT molecular complexity index is 323. The van der Waals surface area contributed by atoms with Gasteiger partial charge in [-0.1, -0.05) is 37.3 Å². The molecule has 1 aromatic carbocycles. The number of likely N-dealkylation sites (tertiary alicyclic amines) is 1. The molecule has 1 fully saturated rings. The Balaban J connectivity index is 0.00000162. The summed E-state index contributed by atoms with van der Waals surface area (Å²) in [4.78, 5) is 2.40. The summed E-state index contributed by atoms with van der Waals surface area (Å²) in [5.74, 6) is 0.714. The molecule has 1 aliphatic heterocycles. The van der Waals surface area contributed by atoms with Gasteiger partial charge in [0.25, 0.3) is 0 Å². The van der Waals surface area contributed by atoms with E-state index < -0.39 is 0 Å². The van der Waals surface area contributed by atoms with Crippen LogP contribution in [0.1, 0.15) is 37.7 Å². The Hall–Kier alpha value is -0.570. The normalized spacial score (nSPS) is 19.2. The van der Waals surface area contributed by atoms with Crippen LogP contribution in [0.15, 0.2) is 30.3 Å². The zero-order valence-corrected chi connectivity index (χ0v) is 11.9. The molecule has 0 amide bonds. The lowest BCUT2D eigenvalue weighted by atomic mass is 9.89.